The normalized spacial score (nSPS) is 16.8. The summed E-state index contributed by atoms with van der Waals surface area (Å²) in [6.45, 7) is 4.43. The van der Waals surface area contributed by atoms with Crippen LogP contribution in [0.3, 0.4) is 0 Å². The third-order valence-electron chi connectivity index (χ3n) is 4.08. The maximum atomic E-state index is 10.1. The van der Waals surface area contributed by atoms with Crippen LogP contribution in [0.4, 0.5) is 5.00 Å². The molecule has 1 unspecified atom stereocenters. The second-order valence-electron chi connectivity index (χ2n) is 5.84. The van der Waals surface area contributed by atoms with Crippen molar-refractivity contribution in [3.05, 3.63) is 39.8 Å². The molecule has 1 aromatic carbocycles. The number of thiophene rings is 1. The van der Waals surface area contributed by atoms with E-state index in [1.165, 1.54) is 9.78 Å². The van der Waals surface area contributed by atoms with Crippen LogP contribution in [0.1, 0.15) is 28.5 Å². The molecule has 6 heteroatoms. The molecule has 0 radical (unpaired) electrons. The zero-order valence-electron chi connectivity index (χ0n) is 13.8. The molecule has 2 aromatic rings. The average Bonchev–Trinajstić information content (AvgIpc) is 2.90. The van der Waals surface area contributed by atoms with E-state index in [1.807, 2.05) is 6.92 Å². The molecule has 2 heterocycles. The number of aromatic hydroxyl groups is 1. The standard InChI is InChI=1S/C18H19N3O2S/c1-3-23-13-5-4-12(16(22)8-13)10-20-18-15(9-19)14-6-7-21(2)11-17(14)24-18/h4-5,8,10,22H,3,6-7,11H2,1-2H3/p+1/b20-10+. The van der Waals surface area contributed by atoms with Gasteiger partial charge in [0.05, 0.1) is 30.6 Å². The van der Waals surface area contributed by atoms with Gasteiger partial charge in [-0.2, -0.15) is 5.26 Å². The van der Waals surface area contributed by atoms with Crippen LogP contribution in [0, 0.1) is 11.3 Å². The summed E-state index contributed by atoms with van der Waals surface area (Å²) in [5, 5.41) is 20.3. The van der Waals surface area contributed by atoms with Gasteiger partial charge in [-0.3, -0.25) is 0 Å². The van der Waals surface area contributed by atoms with Gasteiger partial charge in [-0.05, 0) is 24.6 Å². The summed E-state index contributed by atoms with van der Waals surface area (Å²) in [5.74, 6) is 0.746. The van der Waals surface area contributed by atoms with Gasteiger partial charge in [0.1, 0.15) is 29.1 Å². The highest BCUT2D eigenvalue weighted by Gasteiger charge is 2.24. The topological polar surface area (TPSA) is 70.0 Å². The second kappa shape index (κ2) is 7.04. The van der Waals surface area contributed by atoms with Gasteiger partial charge in [-0.15, -0.1) is 11.3 Å². The van der Waals surface area contributed by atoms with Crippen molar-refractivity contribution in [3.8, 4) is 17.6 Å². The van der Waals surface area contributed by atoms with Gasteiger partial charge in [0.2, 0.25) is 0 Å². The predicted octanol–water partition coefficient (Wildman–Crippen LogP) is 2.05. The molecule has 124 valence electrons. The zero-order chi connectivity index (χ0) is 17.1. The number of benzene rings is 1. The third-order valence-corrected chi connectivity index (χ3v) is 5.22. The Labute approximate surface area is 145 Å². The van der Waals surface area contributed by atoms with Crippen LogP contribution >= 0.6 is 11.3 Å². The molecule has 0 saturated heterocycles. The van der Waals surface area contributed by atoms with Crippen LogP contribution in [0.15, 0.2) is 23.2 Å². The lowest BCUT2D eigenvalue weighted by atomic mass is 10.0. The average molecular weight is 342 g/mol. The van der Waals surface area contributed by atoms with Gasteiger partial charge in [0.15, 0.2) is 0 Å². The Morgan fingerprint density at radius 1 is 1.50 bits per heavy atom. The summed E-state index contributed by atoms with van der Waals surface area (Å²) in [7, 11) is 2.16. The van der Waals surface area contributed by atoms with Crippen LogP contribution in [0.5, 0.6) is 11.5 Å². The molecule has 2 N–H and O–H groups in total. The molecule has 0 spiro atoms. The van der Waals surface area contributed by atoms with Crippen molar-refractivity contribution in [3.63, 3.8) is 0 Å². The van der Waals surface area contributed by atoms with Gasteiger partial charge in [-0.1, -0.05) is 0 Å². The smallest absolute Gasteiger partial charge is 0.134 e. The molecule has 0 bridgehead atoms. The molecule has 1 aliphatic heterocycles. The number of ether oxygens (including phenoxy) is 1. The van der Waals surface area contributed by atoms with E-state index in [4.69, 9.17) is 4.74 Å². The van der Waals surface area contributed by atoms with Gasteiger partial charge in [0.25, 0.3) is 0 Å². The minimum absolute atomic E-state index is 0.119. The lowest BCUT2D eigenvalue weighted by Gasteiger charge is -2.18. The van der Waals surface area contributed by atoms with Crippen LogP contribution < -0.4 is 9.64 Å². The summed E-state index contributed by atoms with van der Waals surface area (Å²) < 4.78 is 5.36. The number of fused-ring (bicyclic) bond motifs is 1. The quantitative estimate of drug-likeness (QED) is 0.836. The molecule has 1 atom stereocenters. The maximum absolute atomic E-state index is 10.1. The van der Waals surface area contributed by atoms with Gasteiger partial charge in [0, 0.05) is 24.3 Å². The summed E-state index contributed by atoms with van der Waals surface area (Å²) in [6.07, 6.45) is 2.53. The molecule has 1 aliphatic rings. The molecule has 0 aliphatic carbocycles. The largest absolute Gasteiger partial charge is 0.507 e. The summed E-state index contributed by atoms with van der Waals surface area (Å²) >= 11 is 1.58. The monoisotopic (exact) mass is 342 g/mol. The number of nitrogens with zero attached hydrogens (tertiary/aromatic N) is 2. The summed E-state index contributed by atoms with van der Waals surface area (Å²) in [4.78, 5) is 7.18. The second-order valence-corrected chi connectivity index (χ2v) is 6.93. The zero-order valence-corrected chi connectivity index (χ0v) is 14.6. The first-order chi connectivity index (χ1) is 11.6. The Hall–Kier alpha value is -2.36. The van der Waals surface area contributed by atoms with Crippen LogP contribution in [-0.4, -0.2) is 31.5 Å². The van der Waals surface area contributed by atoms with Crippen molar-refractivity contribution in [1.29, 1.82) is 5.26 Å². The van der Waals surface area contributed by atoms with Gasteiger partial charge >= 0.3 is 0 Å². The summed E-state index contributed by atoms with van der Waals surface area (Å²) in [6, 6.07) is 7.44. The van der Waals surface area contributed by atoms with Crippen LogP contribution in [0.25, 0.3) is 0 Å². The molecule has 1 aromatic heterocycles. The highest BCUT2D eigenvalue weighted by molar-refractivity contribution is 7.16. The van der Waals surface area contributed by atoms with E-state index in [0.29, 0.717) is 23.5 Å². The Morgan fingerprint density at radius 3 is 3.04 bits per heavy atom. The fraction of sp³-hybridized carbons (Fsp3) is 0.333. The molecule has 0 saturated carbocycles. The molecule has 0 amide bonds. The minimum Gasteiger partial charge on any atom is -0.507 e. The molecule has 24 heavy (non-hydrogen) atoms. The Kier molecular flexibility index (Phi) is 4.84. The number of phenols is 1. The van der Waals surface area contributed by atoms with Crippen molar-refractivity contribution in [1.82, 2.24) is 0 Å². The van der Waals surface area contributed by atoms with E-state index in [2.05, 4.69) is 18.1 Å². The first-order valence-electron chi connectivity index (χ1n) is 7.98. The highest BCUT2D eigenvalue weighted by Crippen LogP contribution is 2.36. The highest BCUT2D eigenvalue weighted by atomic mass is 32.1. The van der Waals surface area contributed by atoms with E-state index < -0.39 is 0 Å². The van der Waals surface area contributed by atoms with Crippen molar-refractivity contribution >= 4 is 22.6 Å². The lowest BCUT2D eigenvalue weighted by molar-refractivity contribution is -0.895. The minimum atomic E-state index is 0.119. The molecule has 0 fully saturated rings. The first-order valence-corrected chi connectivity index (χ1v) is 8.79. The number of hydrogen-bond acceptors (Lipinski definition) is 5. The lowest BCUT2D eigenvalue weighted by Crippen LogP contribution is -3.08. The molecular formula is C18H20N3O2S+. The van der Waals surface area contributed by atoms with Crippen molar-refractivity contribution in [2.75, 3.05) is 20.2 Å². The van der Waals surface area contributed by atoms with E-state index in [9.17, 15) is 10.4 Å². The fourth-order valence-corrected chi connectivity index (χ4v) is 4.08. The molecule has 5 nitrogen and oxygen atoms in total. The number of hydrogen-bond donors (Lipinski definition) is 2. The van der Waals surface area contributed by atoms with E-state index in [0.717, 1.165) is 30.1 Å². The fourth-order valence-electron chi connectivity index (χ4n) is 2.83. The predicted molar refractivity (Wildman–Crippen MR) is 94.7 cm³/mol. The SMILES string of the molecule is CCOc1ccc(/C=N/c2sc3c(c2C#N)CC[NH+](C)C3)c(O)c1. The Bertz CT molecular complexity index is 820. The number of aliphatic imine (C=N–C) groups is 1. The van der Waals surface area contributed by atoms with Gasteiger partial charge in [-0.25, -0.2) is 4.99 Å². The maximum Gasteiger partial charge on any atom is 0.134 e. The Morgan fingerprint density at radius 2 is 2.33 bits per heavy atom. The van der Waals surface area contributed by atoms with E-state index in [-0.39, 0.29) is 5.75 Å². The number of quaternary nitrogens is 1. The number of nitriles is 1. The van der Waals surface area contributed by atoms with Crippen molar-refractivity contribution in [2.45, 2.75) is 19.9 Å². The number of nitrogens with one attached hydrogen (secondary N) is 1. The van der Waals surface area contributed by atoms with E-state index in [1.54, 1.807) is 35.8 Å². The van der Waals surface area contributed by atoms with E-state index >= 15 is 0 Å². The molecular weight excluding hydrogens is 322 g/mol. The number of phenolic OH excluding ortho intramolecular Hbond substituents is 1. The Balaban J connectivity index is 1.89. The van der Waals surface area contributed by atoms with Crippen LogP contribution in [-0.2, 0) is 13.0 Å². The molecule has 3 rings (SSSR count). The number of rotatable bonds is 4. The summed E-state index contributed by atoms with van der Waals surface area (Å²) in [5.41, 5.74) is 2.44. The first kappa shape index (κ1) is 16.5. The van der Waals surface area contributed by atoms with Gasteiger partial charge < -0.3 is 14.7 Å². The number of likely N-dealkylation sites (N-methyl/N-ethyl adjacent to an activating group) is 1. The third kappa shape index (κ3) is 3.28. The van der Waals surface area contributed by atoms with Crippen molar-refractivity contribution < 1.29 is 14.7 Å². The van der Waals surface area contributed by atoms with Crippen LogP contribution in [0.2, 0.25) is 0 Å². The van der Waals surface area contributed by atoms with Crippen molar-refractivity contribution in [2.24, 2.45) is 4.99 Å².